The normalized spacial score (nSPS) is 11.5. The van der Waals surface area contributed by atoms with Crippen molar-refractivity contribution in [3.05, 3.63) is 39.6 Å². The number of hydrogen-bond acceptors (Lipinski definition) is 5. The van der Waals surface area contributed by atoms with Crippen molar-refractivity contribution in [3.63, 3.8) is 0 Å². The van der Waals surface area contributed by atoms with Crippen LogP contribution in [0.5, 0.6) is 0 Å². The first-order valence-electron chi connectivity index (χ1n) is 5.20. The van der Waals surface area contributed by atoms with Gasteiger partial charge in [0, 0.05) is 17.3 Å². The molecule has 8 heteroatoms. The first kappa shape index (κ1) is 14.2. The Kier molecular flexibility index (Phi) is 4.07. The number of sulfone groups is 1. The molecule has 1 N–H and O–H groups in total. The van der Waals surface area contributed by atoms with E-state index in [1.807, 2.05) is 0 Å². The summed E-state index contributed by atoms with van der Waals surface area (Å²) in [4.78, 5) is 4.68. The van der Waals surface area contributed by atoms with Gasteiger partial charge in [0.1, 0.15) is 5.82 Å². The van der Waals surface area contributed by atoms with Gasteiger partial charge in [0.15, 0.2) is 14.3 Å². The van der Waals surface area contributed by atoms with E-state index in [1.165, 1.54) is 23.5 Å². The van der Waals surface area contributed by atoms with Crippen LogP contribution < -0.4 is 5.32 Å². The number of aromatic nitrogens is 1. The first-order chi connectivity index (χ1) is 8.86. The van der Waals surface area contributed by atoms with E-state index in [4.69, 9.17) is 11.6 Å². The van der Waals surface area contributed by atoms with Crippen molar-refractivity contribution in [1.82, 2.24) is 4.98 Å². The monoisotopic (exact) mass is 320 g/mol. The van der Waals surface area contributed by atoms with Crippen molar-refractivity contribution in [1.29, 1.82) is 0 Å². The Labute approximate surface area is 119 Å². The van der Waals surface area contributed by atoms with Gasteiger partial charge in [-0.15, -0.1) is 11.3 Å². The van der Waals surface area contributed by atoms with E-state index < -0.39 is 15.7 Å². The highest BCUT2D eigenvalue weighted by atomic mass is 35.5. The SMILES string of the molecule is CS(=O)(=O)c1ccc(NCc2cnc(Cl)s2)c(F)c1. The lowest BCUT2D eigenvalue weighted by Crippen LogP contribution is -2.02. The van der Waals surface area contributed by atoms with Gasteiger partial charge >= 0.3 is 0 Å². The minimum Gasteiger partial charge on any atom is -0.378 e. The molecule has 1 heterocycles. The molecule has 0 radical (unpaired) electrons. The zero-order valence-electron chi connectivity index (χ0n) is 9.85. The van der Waals surface area contributed by atoms with Crippen LogP contribution in [0.3, 0.4) is 0 Å². The molecular weight excluding hydrogens is 311 g/mol. The van der Waals surface area contributed by atoms with Crippen molar-refractivity contribution in [2.45, 2.75) is 11.4 Å². The molecule has 0 spiro atoms. The Hall–Kier alpha value is -1.18. The van der Waals surface area contributed by atoms with Crippen LogP contribution in [-0.2, 0) is 16.4 Å². The lowest BCUT2D eigenvalue weighted by Gasteiger charge is -2.07. The second-order valence-electron chi connectivity index (χ2n) is 3.85. The molecule has 102 valence electrons. The second kappa shape index (κ2) is 5.44. The summed E-state index contributed by atoms with van der Waals surface area (Å²) >= 11 is 6.98. The van der Waals surface area contributed by atoms with E-state index in [2.05, 4.69) is 10.3 Å². The van der Waals surface area contributed by atoms with Gasteiger partial charge < -0.3 is 5.32 Å². The molecule has 1 aromatic heterocycles. The molecule has 0 aliphatic heterocycles. The van der Waals surface area contributed by atoms with Gasteiger partial charge in [-0.3, -0.25) is 0 Å². The van der Waals surface area contributed by atoms with Crippen LogP contribution >= 0.6 is 22.9 Å². The number of anilines is 1. The van der Waals surface area contributed by atoms with Crippen molar-refractivity contribution in [2.24, 2.45) is 0 Å². The number of hydrogen-bond donors (Lipinski definition) is 1. The van der Waals surface area contributed by atoms with E-state index in [0.29, 0.717) is 11.0 Å². The summed E-state index contributed by atoms with van der Waals surface area (Å²) in [6.07, 6.45) is 2.64. The van der Waals surface area contributed by atoms with E-state index in [-0.39, 0.29) is 10.6 Å². The van der Waals surface area contributed by atoms with Crippen LogP contribution in [0.2, 0.25) is 4.47 Å². The van der Waals surface area contributed by atoms with Gasteiger partial charge in [0.05, 0.1) is 17.1 Å². The van der Waals surface area contributed by atoms with Crippen LogP contribution in [-0.4, -0.2) is 19.7 Å². The molecule has 0 unspecified atom stereocenters. The van der Waals surface area contributed by atoms with Crippen LogP contribution in [0.4, 0.5) is 10.1 Å². The van der Waals surface area contributed by atoms with Gasteiger partial charge in [-0.25, -0.2) is 17.8 Å². The average Bonchev–Trinajstić information content (AvgIpc) is 2.72. The third-order valence-electron chi connectivity index (χ3n) is 2.35. The molecule has 2 aromatic rings. The van der Waals surface area contributed by atoms with Crippen molar-refractivity contribution in [3.8, 4) is 0 Å². The topological polar surface area (TPSA) is 59.1 Å². The van der Waals surface area contributed by atoms with Crippen LogP contribution in [0.1, 0.15) is 4.88 Å². The standard InChI is InChI=1S/C11H10ClFN2O2S2/c1-19(16,17)8-2-3-10(9(13)4-8)14-5-7-6-15-11(12)18-7/h2-4,6,14H,5H2,1H3. The number of benzene rings is 1. The minimum atomic E-state index is -3.40. The van der Waals surface area contributed by atoms with E-state index in [9.17, 15) is 12.8 Å². The maximum absolute atomic E-state index is 13.7. The third kappa shape index (κ3) is 3.65. The van der Waals surface area contributed by atoms with E-state index in [1.54, 1.807) is 6.20 Å². The highest BCUT2D eigenvalue weighted by Gasteiger charge is 2.11. The fraction of sp³-hybridized carbons (Fsp3) is 0.182. The highest BCUT2D eigenvalue weighted by Crippen LogP contribution is 2.22. The fourth-order valence-electron chi connectivity index (χ4n) is 1.42. The number of thiazole rings is 1. The molecule has 0 saturated carbocycles. The minimum absolute atomic E-state index is 0.0450. The molecule has 0 fully saturated rings. The molecule has 0 aliphatic rings. The first-order valence-corrected chi connectivity index (χ1v) is 8.28. The second-order valence-corrected chi connectivity index (χ2v) is 7.56. The number of nitrogens with one attached hydrogen (secondary N) is 1. The molecule has 0 amide bonds. The molecular formula is C11H10ClFN2O2S2. The Morgan fingerprint density at radius 1 is 1.47 bits per heavy atom. The zero-order chi connectivity index (χ0) is 14.0. The van der Waals surface area contributed by atoms with Gasteiger partial charge in [-0.2, -0.15) is 0 Å². The van der Waals surface area contributed by atoms with E-state index >= 15 is 0 Å². The molecule has 0 aliphatic carbocycles. The number of nitrogens with zero attached hydrogens (tertiary/aromatic N) is 1. The summed E-state index contributed by atoms with van der Waals surface area (Å²) in [6, 6.07) is 3.76. The van der Waals surface area contributed by atoms with E-state index in [0.717, 1.165) is 17.2 Å². The van der Waals surface area contributed by atoms with Gasteiger partial charge in [-0.05, 0) is 18.2 Å². The molecule has 0 bridgehead atoms. The predicted octanol–water partition coefficient (Wildman–Crippen LogP) is 2.95. The maximum atomic E-state index is 13.7. The largest absolute Gasteiger partial charge is 0.378 e. The Morgan fingerprint density at radius 3 is 2.74 bits per heavy atom. The Balaban J connectivity index is 2.14. The zero-order valence-corrected chi connectivity index (χ0v) is 12.2. The number of halogens is 2. The van der Waals surface area contributed by atoms with Crippen LogP contribution in [0.15, 0.2) is 29.3 Å². The summed E-state index contributed by atoms with van der Waals surface area (Å²) < 4.78 is 36.7. The Bertz CT molecular complexity index is 700. The summed E-state index contributed by atoms with van der Waals surface area (Å²) in [6.45, 7) is 0.375. The summed E-state index contributed by atoms with van der Waals surface area (Å²) in [5.74, 6) is -0.612. The summed E-state index contributed by atoms with van der Waals surface area (Å²) in [5, 5.41) is 2.86. The molecule has 0 saturated heterocycles. The molecule has 2 rings (SSSR count). The lowest BCUT2D eigenvalue weighted by atomic mass is 10.3. The lowest BCUT2D eigenvalue weighted by molar-refractivity contribution is 0.596. The highest BCUT2D eigenvalue weighted by molar-refractivity contribution is 7.90. The van der Waals surface area contributed by atoms with Crippen LogP contribution in [0, 0.1) is 5.82 Å². The third-order valence-corrected chi connectivity index (χ3v) is 4.57. The smallest absolute Gasteiger partial charge is 0.183 e. The van der Waals surface area contributed by atoms with Crippen molar-refractivity contribution in [2.75, 3.05) is 11.6 Å². The van der Waals surface area contributed by atoms with Gasteiger partial charge in [0.2, 0.25) is 0 Å². The predicted molar refractivity (Wildman–Crippen MR) is 74.0 cm³/mol. The van der Waals surface area contributed by atoms with Crippen LogP contribution in [0.25, 0.3) is 0 Å². The number of rotatable bonds is 4. The average molecular weight is 321 g/mol. The summed E-state index contributed by atoms with van der Waals surface area (Å²) in [5.41, 5.74) is 0.233. The molecule has 4 nitrogen and oxygen atoms in total. The Morgan fingerprint density at radius 2 is 2.21 bits per heavy atom. The van der Waals surface area contributed by atoms with Gasteiger partial charge in [-0.1, -0.05) is 11.6 Å². The van der Waals surface area contributed by atoms with Crippen molar-refractivity contribution >= 4 is 38.5 Å². The van der Waals surface area contributed by atoms with Gasteiger partial charge in [0.25, 0.3) is 0 Å². The molecule has 0 atom stereocenters. The molecule has 1 aromatic carbocycles. The fourth-order valence-corrected chi connectivity index (χ4v) is 2.97. The molecule has 19 heavy (non-hydrogen) atoms. The van der Waals surface area contributed by atoms with Crippen molar-refractivity contribution < 1.29 is 12.8 Å². The summed E-state index contributed by atoms with van der Waals surface area (Å²) in [7, 11) is -3.40. The quantitative estimate of drug-likeness (QED) is 0.941. The maximum Gasteiger partial charge on any atom is 0.183 e.